The maximum atomic E-state index is 12.5. The number of fused-ring (bicyclic) bond motifs is 3. The van der Waals surface area contributed by atoms with E-state index in [4.69, 9.17) is 14.7 Å². The van der Waals surface area contributed by atoms with Gasteiger partial charge in [-0.05, 0) is 68.4 Å². The molecule has 1 fully saturated rings. The van der Waals surface area contributed by atoms with Crippen molar-refractivity contribution in [2.24, 2.45) is 0 Å². The predicted octanol–water partition coefficient (Wildman–Crippen LogP) is 5.47. The van der Waals surface area contributed by atoms with E-state index in [1.165, 1.54) is 60.8 Å². The number of nitrogens with one attached hydrogen (secondary N) is 2. The van der Waals surface area contributed by atoms with Crippen molar-refractivity contribution in [1.82, 2.24) is 15.3 Å². The van der Waals surface area contributed by atoms with Crippen LogP contribution in [0.25, 0.3) is 10.2 Å². The Balaban J connectivity index is 1.31. The fourth-order valence-electron chi connectivity index (χ4n) is 5.05. The number of aryl methyl sites for hydroxylation is 2. The molecule has 0 saturated heterocycles. The van der Waals surface area contributed by atoms with Crippen LogP contribution in [0.1, 0.15) is 77.5 Å². The van der Waals surface area contributed by atoms with Crippen LogP contribution in [0.15, 0.2) is 24.3 Å². The van der Waals surface area contributed by atoms with E-state index in [1.807, 2.05) is 11.3 Å². The van der Waals surface area contributed by atoms with Crippen LogP contribution >= 0.6 is 11.3 Å². The molecule has 2 N–H and O–H groups in total. The second kappa shape index (κ2) is 10.1. The van der Waals surface area contributed by atoms with Gasteiger partial charge in [-0.2, -0.15) is 0 Å². The molecule has 3 aromatic rings. The van der Waals surface area contributed by atoms with Crippen LogP contribution in [0.4, 0.5) is 5.82 Å². The summed E-state index contributed by atoms with van der Waals surface area (Å²) in [5.74, 6) is 3.10. The largest absolute Gasteiger partial charge is 0.497 e. The van der Waals surface area contributed by atoms with E-state index in [9.17, 15) is 4.79 Å². The average Bonchev–Trinajstić information content (AvgIpc) is 3.25. The summed E-state index contributed by atoms with van der Waals surface area (Å²) in [7, 11) is 1.62. The molecule has 1 aromatic carbocycles. The fourth-order valence-corrected chi connectivity index (χ4v) is 6.31. The zero-order valence-corrected chi connectivity index (χ0v) is 20.1. The summed E-state index contributed by atoms with van der Waals surface area (Å²) in [5, 5.41) is 7.77. The Bertz CT molecular complexity index is 1120. The number of ether oxygens (including phenoxy) is 1. The van der Waals surface area contributed by atoms with Gasteiger partial charge in [0.1, 0.15) is 22.2 Å². The van der Waals surface area contributed by atoms with Gasteiger partial charge in [-0.25, -0.2) is 9.97 Å². The molecule has 0 bridgehead atoms. The summed E-state index contributed by atoms with van der Waals surface area (Å²) < 4.78 is 5.16. The van der Waals surface area contributed by atoms with Crippen LogP contribution in [0.2, 0.25) is 0 Å². The lowest BCUT2D eigenvalue weighted by Gasteiger charge is -2.21. The molecule has 2 aromatic heterocycles. The highest BCUT2D eigenvalue weighted by atomic mass is 32.1. The van der Waals surface area contributed by atoms with E-state index in [1.54, 1.807) is 31.4 Å². The standard InChI is InChI=1S/C26H32N4O2S/c1-32-19-13-11-18(12-14-19)25(31)28-16-15-27-24-22-20-9-5-6-10-21(20)33-26(22)30-23(29-24)17-7-3-2-4-8-17/h11-14,17H,2-10,15-16H2,1H3,(H,28,31)(H,27,29,30). The summed E-state index contributed by atoms with van der Waals surface area (Å²) in [4.78, 5) is 25.2. The predicted molar refractivity (Wildman–Crippen MR) is 134 cm³/mol. The molecule has 1 saturated carbocycles. The van der Waals surface area contributed by atoms with Gasteiger partial charge in [0, 0.05) is 29.4 Å². The van der Waals surface area contributed by atoms with E-state index < -0.39 is 0 Å². The van der Waals surface area contributed by atoms with E-state index in [2.05, 4.69) is 10.6 Å². The lowest BCUT2D eigenvalue weighted by atomic mass is 9.88. The van der Waals surface area contributed by atoms with E-state index >= 15 is 0 Å². The van der Waals surface area contributed by atoms with Crippen molar-refractivity contribution in [3.8, 4) is 5.75 Å². The molecule has 174 valence electrons. The molecule has 2 aliphatic rings. The molecule has 0 aliphatic heterocycles. The first-order valence-corrected chi connectivity index (χ1v) is 13.0. The number of benzene rings is 1. The van der Waals surface area contributed by atoms with Crippen LogP contribution < -0.4 is 15.4 Å². The lowest BCUT2D eigenvalue weighted by molar-refractivity contribution is 0.0955. The Hall–Kier alpha value is -2.67. The third-order valence-corrected chi connectivity index (χ3v) is 8.04. The van der Waals surface area contributed by atoms with Gasteiger partial charge in [-0.1, -0.05) is 19.3 Å². The van der Waals surface area contributed by atoms with Gasteiger partial charge in [0.15, 0.2) is 0 Å². The third-order valence-electron chi connectivity index (χ3n) is 6.86. The van der Waals surface area contributed by atoms with Gasteiger partial charge < -0.3 is 15.4 Å². The number of nitrogens with zero attached hydrogens (tertiary/aromatic N) is 2. The minimum absolute atomic E-state index is 0.0805. The minimum Gasteiger partial charge on any atom is -0.497 e. The Morgan fingerprint density at radius 1 is 1.03 bits per heavy atom. The molecule has 7 heteroatoms. The average molecular weight is 465 g/mol. The summed E-state index contributed by atoms with van der Waals surface area (Å²) in [6.45, 7) is 1.16. The summed E-state index contributed by atoms with van der Waals surface area (Å²) >= 11 is 1.87. The van der Waals surface area contributed by atoms with E-state index in [0.717, 1.165) is 35.1 Å². The first kappa shape index (κ1) is 22.1. The Morgan fingerprint density at radius 3 is 2.61 bits per heavy atom. The number of rotatable bonds is 7. The topological polar surface area (TPSA) is 76.1 Å². The first-order valence-electron chi connectivity index (χ1n) is 12.2. The quantitative estimate of drug-likeness (QED) is 0.454. The molecule has 33 heavy (non-hydrogen) atoms. The number of aromatic nitrogens is 2. The Labute approximate surface area is 199 Å². The van der Waals surface area contributed by atoms with Crippen LogP contribution in [-0.4, -0.2) is 36.1 Å². The summed E-state index contributed by atoms with van der Waals surface area (Å²) in [5.41, 5.74) is 2.08. The van der Waals surface area contributed by atoms with E-state index in [0.29, 0.717) is 24.6 Å². The highest BCUT2D eigenvalue weighted by Crippen LogP contribution is 2.40. The molecule has 2 heterocycles. The SMILES string of the molecule is COc1ccc(C(=O)NCCNc2nc(C3CCCCC3)nc3sc4c(c23)CCCC4)cc1. The smallest absolute Gasteiger partial charge is 0.251 e. The maximum Gasteiger partial charge on any atom is 0.251 e. The molecule has 5 rings (SSSR count). The van der Waals surface area contributed by atoms with Crippen LogP contribution in [0, 0.1) is 0 Å². The Kier molecular flexibility index (Phi) is 6.76. The molecule has 1 amide bonds. The second-order valence-corrected chi connectivity index (χ2v) is 10.2. The molecule has 0 spiro atoms. The molecule has 0 unspecified atom stereocenters. The van der Waals surface area contributed by atoms with Crippen molar-refractivity contribution in [2.75, 3.05) is 25.5 Å². The third kappa shape index (κ3) is 4.83. The minimum atomic E-state index is -0.0805. The van der Waals surface area contributed by atoms with Crippen LogP contribution in [0.5, 0.6) is 5.75 Å². The van der Waals surface area contributed by atoms with Crippen LogP contribution in [0.3, 0.4) is 0 Å². The molecular weight excluding hydrogens is 432 g/mol. The van der Waals surface area contributed by atoms with Crippen molar-refractivity contribution >= 4 is 33.3 Å². The molecule has 0 radical (unpaired) electrons. The number of hydrogen-bond donors (Lipinski definition) is 2. The highest BCUT2D eigenvalue weighted by molar-refractivity contribution is 7.19. The van der Waals surface area contributed by atoms with Gasteiger partial charge in [0.25, 0.3) is 5.91 Å². The van der Waals surface area contributed by atoms with Crippen molar-refractivity contribution in [3.05, 3.63) is 46.1 Å². The molecule has 2 aliphatic carbocycles. The van der Waals surface area contributed by atoms with Gasteiger partial charge in [-0.15, -0.1) is 11.3 Å². The molecule has 6 nitrogen and oxygen atoms in total. The number of amides is 1. The number of thiophene rings is 1. The molecular formula is C26H32N4O2S. The summed E-state index contributed by atoms with van der Waals surface area (Å²) in [6, 6.07) is 7.17. The summed E-state index contributed by atoms with van der Waals surface area (Å²) in [6.07, 6.45) is 11.0. The fraction of sp³-hybridized carbons (Fsp3) is 0.500. The first-order chi connectivity index (χ1) is 16.2. The van der Waals surface area contributed by atoms with Gasteiger partial charge in [0.05, 0.1) is 12.5 Å². The van der Waals surface area contributed by atoms with Crippen molar-refractivity contribution in [1.29, 1.82) is 0 Å². The van der Waals surface area contributed by atoms with Gasteiger partial charge in [0.2, 0.25) is 0 Å². The maximum absolute atomic E-state index is 12.5. The zero-order chi connectivity index (χ0) is 22.6. The normalized spacial score (nSPS) is 16.4. The van der Waals surface area contributed by atoms with Crippen molar-refractivity contribution in [2.45, 2.75) is 63.7 Å². The number of anilines is 1. The monoisotopic (exact) mass is 464 g/mol. The number of carbonyl (C=O) groups excluding carboxylic acids is 1. The van der Waals surface area contributed by atoms with Gasteiger partial charge >= 0.3 is 0 Å². The number of carbonyl (C=O) groups is 1. The second-order valence-electron chi connectivity index (χ2n) is 9.07. The van der Waals surface area contributed by atoms with Crippen molar-refractivity contribution < 1.29 is 9.53 Å². The lowest BCUT2D eigenvalue weighted by Crippen LogP contribution is -2.29. The van der Waals surface area contributed by atoms with Crippen molar-refractivity contribution in [3.63, 3.8) is 0 Å². The number of hydrogen-bond acceptors (Lipinski definition) is 6. The van der Waals surface area contributed by atoms with Gasteiger partial charge in [-0.3, -0.25) is 4.79 Å². The Morgan fingerprint density at radius 2 is 1.82 bits per heavy atom. The van der Waals surface area contributed by atoms with Crippen LogP contribution in [-0.2, 0) is 12.8 Å². The number of methoxy groups -OCH3 is 1. The zero-order valence-electron chi connectivity index (χ0n) is 19.3. The van der Waals surface area contributed by atoms with E-state index in [-0.39, 0.29) is 5.91 Å². The highest BCUT2D eigenvalue weighted by Gasteiger charge is 2.24. The molecule has 0 atom stereocenters.